The third kappa shape index (κ3) is 6.01. The zero-order chi connectivity index (χ0) is 20.5. The van der Waals surface area contributed by atoms with Crippen molar-refractivity contribution in [2.45, 2.75) is 26.3 Å². The van der Waals surface area contributed by atoms with Crippen LogP contribution in [0.2, 0.25) is 0 Å². The number of para-hydroxylation sites is 2. The van der Waals surface area contributed by atoms with Crippen LogP contribution in [0.25, 0.3) is 0 Å². The van der Waals surface area contributed by atoms with Crippen molar-refractivity contribution in [1.82, 2.24) is 10.3 Å². The Labute approximate surface area is 171 Å². The highest BCUT2D eigenvalue weighted by atomic mass is 16.2. The molecule has 29 heavy (non-hydrogen) atoms. The molecule has 5 nitrogen and oxygen atoms in total. The Morgan fingerprint density at radius 2 is 1.45 bits per heavy atom. The first-order valence-corrected chi connectivity index (χ1v) is 9.73. The normalized spacial score (nSPS) is 11.5. The zero-order valence-electron chi connectivity index (χ0n) is 16.5. The molecule has 1 heterocycles. The summed E-state index contributed by atoms with van der Waals surface area (Å²) in [6.45, 7) is 2.31. The maximum atomic E-state index is 13.1. The number of carbonyl (C=O) groups is 2. The van der Waals surface area contributed by atoms with Crippen LogP contribution in [0, 0.1) is 5.92 Å². The molecule has 2 amide bonds. The number of hydrogen-bond acceptors (Lipinski definition) is 3. The van der Waals surface area contributed by atoms with E-state index in [0.29, 0.717) is 6.54 Å². The number of amides is 2. The number of nitrogens with zero attached hydrogens (tertiary/aromatic N) is 2. The largest absolute Gasteiger partial charge is 0.350 e. The summed E-state index contributed by atoms with van der Waals surface area (Å²) in [7, 11) is 0. The van der Waals surface area contributed by atoms with Crippen LogP contribution in [-0.2, 0) is 16.1 Å². The van der Waals surface area contributed by atoms with E-state index in [2.05, 4.69) is 10.3 Å². The van der Waals surface area contributed by atoms with Crippen molar-refractivity contribution in [3.63, 3.8) is 0 Å². The van der Waals surface area contributed by atoms with Crippen LogP contribution in [0.3, 0.4) is 0 Å². The van der Waals surface area contributed by atoms with E-state index in [1.165, 1.54) is 0 Å². The highest BCUT2D eigenvalue weighted by Crippen LogP contribution is 2.27. The van der Waals surface area contributed by atoms with Gasteiger partial charge in [-0.15, -0.1) is 0 Å². The van der Waals surface area contributed by atoms with Gasteiger partial charge in [0.2, 0.25) is 11.8 Å². The third-order valence-corrected chi connectivity index (χ3v) is 4.53. The van der Waals surface area contributed by atoms with Gasteiger partial charge >= 0.3 is 0 Å². The molecule has 0 radical (unpaired) electrons. The maximum Gasteiger partial charge on any atom is 0.231 e. The molecule has 2 aromatic carbocycles. The second-order valence-electron chi connectivity index (χ2n) is 7.01. The minimum atomic E-state index is -0.0823. The van der Waals surface area contributed by atoms with Gasteiger partial charge in [0.05, 0.1) is 12.2 Å². The third-order valence-electron chi connectivity index (χ3n) is 4.53. The predicted octanol–water partition coefficient (Wildman–Crippen LogP) is 4.48. The summed E-state index contributed by atoms with van der Waals surface area (Å²) in [5, 5.41) is 2.87. The Morgan fingerprint density at radius 1 is 0.862 bits per heavy atom. The van der Waals surface area contributed by atoms with E-state index in [9.17, 15) is 9.59 Å². The van der Waals surface area contributed by atoms with Crippen molar-refractivity contribution in [3.05, 3.63) is 90.8 Å². The second-order valence-corrected chi connectivity index (χ2v) is 7.01. The van der Waals surface area contributed by atoms with Gasteiger partial charge in [-0.1, -0.05) is 49.4 Å². The van der Waals surface area contributed by atoms with Crippen LogP contribution in [0.4, 0.5) is 11.4 Å². The number of rotatable bonds is 8. The van der Waals surface area contributed by atoms with Crippen molar-refractivity contribution in [2.75, 3.05) is 4.90 Å². The molecule has 0 bridgehead atoms. The number of anilines is 2. The lowest BCUT2D eigenvalue weighted by Crippen LogP contribution is -2.30. The smallest absolute Gasteiger partial charge is 0.231 e. The van der Waals surface area contributed by atoms with Crippen LogP contribution in [0.5, 0.6) is 0 Å². The first kappa shape index (κ1) is 20.3. The molecule has 1 atom stereocenters. The van der Waals surface area contributed by atoms with Gasteiger partial charge in [-0.2, -0.15) is 0 Å². The summed E-state index contributed by atoms with van der Waals surface area (Å²) in [5.74, 6) is -0.199. The van der Waals surface area contributed by atoms with Crippen LogP contribution in [-0.4, -0.2) is 16.8 Å². The molecule has 0 aliphatic rings. The molecular weight excluding hydrogens is 362 g/mol. The van der Waals surface area contributed by atoms with Gasteiger partial charge in [0.1, 0.15) is 0 Å². The summed E-state index contributed by atoms with van der Waals surface area (Å²) in [6, 6.07) is 24.7. The van der Waals surface area contributed by atoms with Gasteiger partial charge in [-0.25, -0.2) is 0 Å². The van der Waals surface area contributed by atoms with Crippen molar-refractivity contribution >= 4 is 23.2 Å². The molecule has 1 aromatic heterocycles. The molecule has 0 saturated heterocycles. The molecular formula is C24H25N3O2. The fraction of sp³-hybridized carbons (Fsp3) is 0.208. The number of nitrogens with one attached hydrogen (secondary N) is 1. The SMILES string of the molecule is C[C@@H](CC(=O)NCc1ccccn1)CC(=O)N(c1ccccc1)c1ccccc1. The lowest BCUT2D eigenvalue weighted by Gasteiger charge is -2.24. The highest BCUT2D eigenvalue weighted by Gasteiger charge is 2.21. The van der Waals surface area contributed by atoms with Gasteiger partial charge in [-0.3, -0.25) is 19.5 Å². The minimum Gasteiger partial charge on any atom is -0.350 e. The Morgan fingerprint density at radius 3 is 2.00 bits per heavy atom. The standard InChI is InChI=1S/C24H25N3O2/c1-19(16-23(28)26-18-20-10-8-9-15-25-20)17-24(29)27(21-11-4-2-5-12-21)22-13-6-3-7-14-22/h2-15,19H,16-18H2,1H3,(H,26,28)/t19-/m0/s1. The average Bonchev–Trinajstić information content (AvgIpc) is 2.74. The Kier molecular flexibility index (Phi) is 7.11. The summed E-state index contributed by atoms with van der Waals surface area (Å²) in [4.78, 5) is 31.3. The van der Waals surface area contributed by atoms with Crippen molar-refractivity contribution in [3.8, 4) is 0 Å². The van der Waals surface area contributed by atoms with Crippen molar-refractivity contribution < 1.29 is 9.59 Å². The number of benzene rings is 2. The minimum absolute atomic E-state index is 0.0348. The lowest BCUT2D eigenvalue weighted by atomic mass is 10.0. The Bertz CT molecular complexity index is 875. The first-order valence-electron chi connectivity index (χ1n) is 9.73. The quantitative estimate of drug-likeness (QED) is 0.620. The van der Waals surface area contributed by atoms with Crippen molar-refractivity contribution in [2.24, 2.45) is 5.92 Å². The summed E-state index contributed by atoms with van der Waals surface area (Å²) in [6.07, 6.45) is 2.27. The average molecular weight is 387 g/mol. The lowest BCUT2D eigenvalue weighted by molar-refractivity contribution is -0.122. The molecule has 5 heteroatoms. The van der Waals surface area contributed by atoms with E-state index in [1.54, 1.807) is 11.1 Å². The van der Waals surface area contributed by atoms with Crippen molar-refractivity contribution in [1.29, 1.82) is 0 Å². The molecule has 1 N–H and O–H groups in total. The van der Waals surface area contributed by atoms with Gasteiger partial charge in [0.15, 0.2) is 0 Å². The van der Waals surface area contributed by atoms with E-state index >= 15 is 0 Å². The van der Waals surface area contributed by atoms with E-state index in [1.807, 2.05) is 85.8 Å². The van der Waals surface area contributed by atoms with Gasteiger partial charge < -0.3 is 5.32 Å². The van der Waals surface area contributed by atoms with E-state index in [-0.39, 0.29) is 30.6 Å². The Hall–Kier alpha value is -3.47. The summed E-state index contributed by atoms with van der Waals surface area (Å²) >= 11 is 0. The molecule has 0 spiro atoms. The fourth-order valence-corrected chi connectivity index (χ4v) is 3.13. The number of pyridine rings is 1. The molecule has 0 unspecified atom stereocenters. The molecule has 3 aromatic rings. The van der Waals surface area contributed by atoms with Crippen LogP contribution >= 0.6 is 0 Å². The number of hydrogen-bond donors (Lipinski definition) is 1. The first-order chi connectivity index (χ1) is 14.1. The number of carbonyl (C=O) groups excluding carboxylic acids is 2. The maximum absolute atomic E-state index is 13.1. The number of aromatic nitrogens is 1. The van der Waals surface area contributed by atoms with Crippen LogP contribution < -0.4 is 10.2 Å². The predicted molar refractivity (Wildman–Crippen MR) is 115 cm³/mol. The highest BCUT2D eigenvalue weighted by molar-refractivity contribution is 6.00. The van der Waals surface area contributed by atoms with E-state index in [0.717, 1.165) is 17.1 Å². The monoisotopic (exact) mass is 387 g/mol. The zero-order valence-corrected chi connectivity index (χ0v) is 16.5. The molecule has 148 valence electrons. The second kappa shape index (κ2) is 10.2. The summed E-state index contributed by atoms with van der Waals surface area (Å²) < 4.78 is 0. The van der Waals surface area contributed by atoms with Crippen LogP contribution in [0.1, 0.15) is 25.5 Å². The molecule has 0 aliphatic heterocycles. The molecule has 0 fully saturated rings. The molecule has 3 rings (SSSR count). The molecule has 0 saturated carbocycles. The molecule has 0 aliphatic carbocycles. The van der Waals surface area contributed by atoms with Gasteiger partial charge in [0.25, 0.3) is 0 Å². The van der Waals surface area contributed by atoms with Crippen LogP contribution in [0.15, 0.2) is 85.1 Å². The van der Waals surface area contributed by atoms with E-state index in [4.69, 9.17) is 0 Å². The Balaban J connectivity index is 1.61. The fourth-order valence-electron chi connectivity index (χ4n) is 3.13. The van der Waals surface area contributed by atoms with Gasteiger partial charge in [-0.05, 0) is 42.3 Å². The topological polar surface area (TPSA) is 62.3 Å². The van der Waals surface area contributed by atoms with Gasteiger partial charge in [0, 0.05) is 30.4 Å². The van der Waals surface area contributed by atoms with E-state index < -0.39 is 0 Å². The summed E-state index contributed by atoms with van der Waals surface area (Å²) in [5.41, 5.74) is 2.44.